The molecule has 0 aliphatic carbocycles. The van der Waals surface area contributed by atoms with Gasteiger partial charge in [-0.15, -0.1) is 0 Å². The molecule has 0 aliphatic heterocycles. The molecule has 7 rings (SSSR count). The van der Waals surface area contributed by atoms with E-state index >= 15 is 0 Å². The van der Waals surface area contributed by atoms with Crippen LogP contribution in [0.4, 0.5) is 17.1 Å². The van der Waals surface area contributed by atoms with E-state index in [0.29, 0.717) is 21.2 Å². The number of nitriles is 2. The molecular formula is C56H37Cl2N3O4. The molecule has 0 fully saturated rings. The van der Waals surface area contributed by atoms with Gasteiger partial charge in [-0.1, -0.05) is 157 Å². The summed E-state index contributed by atoms with van der Waals surface area (Å²) in [4.78, 5) is 24.7. The number of benzene rings is 7. The van der Waals surface area contributed by atoms with E-state index in [4.69, 9.17) is 33.7 Å². The summed E-state index contributed by atoms with van der Waals surface area (Å²) in [6.07, 6.45) is 12.8. The fraction of sp³-hybridized carbons (Fsp3) is 0. The third kappa shape index (κ3) is 11.9. The highest BCUT2D eigenvalue weighted by Crippen LogP contribution is 2.36. The lowest BCUT2D eigenvalue weighted by Crippen LogP contribution is -2.09. The highest BCUT2D eigenvalue weighted by atomic mass is 35.5. The first-order valence-corrected chi connectivity index (χ1v) is 20.9. The van der Waals surface area contributed by atoms with Crippen molar-refractivity contribution in [3.8, 4) is 12.1 Å². The van der Waals surface area contributed by atoms with Crippen LogP contribution in [0, 0.1) is 22.7 Å². The van der Waals surface area contributed by atoms with Gasteiger partial charge in [0.25, 0.3) is 0 Å². The highest BCUT2D eigenvalue weighted by molar-refractivity contribution is 6.31. The molecule has 0 spiro atoms. The number of halogens is 2. The largest absolute Gasteiger partial charge is 0.477 e. The Labute approximate surface area is 386 Å². The SMILES string of the molecule is N#C/C(=C\c1ccc(/C=C/c2ccc(N(c3ccc(C=C(c4ccc(Cl)cc4)c4ccc(Cl)cc4)cc3)c3ccc(/C=C/c4ccc(/C=C(\C#N)C(=O)O)cc4)cc3)cc2)cc1)C(=O)O. The van der Waals surface area contributed by atoms with Gasteiger partial charge in [-0.05, 0) is 135 Å². The molecule has 0 heterocycles. The molecule has 314 valence electrons. The van der Waals surface area contributed by atoms with E-state index in [1.165, 1.54) is 12.2 Å². The first-order valence-electron chi connectivity index (χ1n) is 20.2. The fourth-order valence-corrected chi connectivity index (χ4v) is 7.06. The maximum absolute atomic E-state index is 11.2. The average Bonchev–Trinajstić information content (AvgIpc) is 3.33. The maximum Gasteiger partial charge on any atom is 0.346 e. The van der Waals surface area contributed by atoms with Crippen LogP contribution in [0.2, 0.25) is 10.0 Å². The lowest BCUT2D eigenvalue weighted by molar-refractivity contribution is -0.133. The van der Waals surface area contributed by atoms with Crippen LogP contribution in [0.5, 0.6) is 0 Å². The molecule has 0 aliphatic rings. The summed E-state index contributed by atoms with van der Waals surface area (Å²) in [6, 6.07) is 58.3. The van der Waals surface area contributed by atoms with E-state index in [1.54, 1.807) is 36.4 Å². The molecule has 65 heavy (non-hydrogen) atoms. The van der Waals surface area contributed by atoms with E-state index < -0.39 is 11.9 Å². The second kappa shape index (κ2) is 21.1. The van der Waals surface area contributed by atoms with Gasteiger partial charge < -0.3 is 15.1 Å². The van der Waals surface area contributed by atoms with Crippen LogP contribution in [-0.4, -0.2) is 22.2 Å². The van der Waals surface area contributed by atoms with Crippen molar-refractivity contribution in [1.29, 1.82) is 10.5 Å². The minimum Gasteiger partial charge on any atom is -0.477 e. The van der Waals surface area contributed by atoms with Crippen molar-refractivity contribution in [3.05, 3.63) is 241 Å². The number of hydrogen-bond acceptors (Lipinski definition) is 5. The van der Waals surface area contributed by atoms with Crippen LogP contribution in [-0.2, 0) is 9.59 Å². The summed E-state index contributed by atoms with van der Waals surface area (Å²) in [6.45, 7) is 0. The monoisotopic (exact) mass is 885 g/mol. The van der Waals surface area contributed by atoms with Crippen molar-refractivity contribution in [2.75, 3.05) is 4.90 Å². The van der Waals surface area contributed by atoms with E-state index in [9.17, 15) is 19.8 Å². The smallest absolute Gasteiger partial charge is 0.346 e. The summed E-state index contributed by atoms with van der Waals surface area (Å²) in [5.74, 6) is -2.53. The van der Waals surface area contributed by atoms with Crippen LogP contribution in [0.15, 0.2) is 181 Å². The molecule has 0 aromatic heterocycles. The van der Waals surface area contributed by atoms with Gasteiger partial charge in [-0.3, -0.25) is 0 Å². The topological polar surface area (TPSA) is 125 Å². The normalized spacial score (nSPS) is 11.5. The number of rotatable bonds is 14. The minimum absolute atomic E-state index is 0.327. The minimum atomic E-state index is -1.26. The van der Waals surface area contributed by atoms with Crippen molar-refractivity contribution in [3.63, 3.8) is 0 Å². The second-order valence-corrected chi connectivity index (χ2v) is 15.5. The first-order chi connectivity index (χ1) is 31.5. The summed E-state index contributed by atoms with van der Waals surface area (Å²) in [5, 5.41) is 37.9. The van der Waals surface area contributed by atoms with Crippen molar-refractivity contribution < 1.29 is 19.8 Å². The Morgan fingerprint density at radius 3 is 0.954 bits per heavy atom. The Balaban J connectivity index is 1.17. The predicted molar refractivity (Wildman–Crippen MR) is 264 cm³/mol. The van der Waals surface area contributed by atoms with Gasteiger partial charge in [0.15, 0.2) is 0 Å². The van der Waals surface area contributed by atoms with Crippen LogP contribution < -0.4 is 4.90 Å². The third-order valence-electron chi connectivity index (χ3n) is 10.2. The Hall–Kier alpha value is -8.46. The van der Waals surface area contributed by atoms with Gasteiger partial charge in [0.2, 0.25) is 0 Å². The Morgan fingerprint density at radius 1 is 0.400 bits per heavy atom. The molecular weight excluding hydrogens is 850 g/mol. The van der Waals surface area contributed by atoms with Crippen molar-refractivity contribution in [2.45, 2.75) is 0 Å². The quantitative estimate of drug-likeness (QED) is 0.0633. The van der Waals surface area contributed by atoms with Crippen molar-refractivity contribution >= 4 is 100 Å². The zero-order valence-corrected chi connectivity index (χ0v) is 36.0. The van der Waals surface area contributed by atoms with Gasteiger partial charge in [0.05, 0.1) is 0 Å². The number of hydrogen-bond donors (Lipinski definition) is 2. The van der Waals surface area contributed by atoms with Crippen LogP contribution in [0.3, 0.4) is 0 Å². The third-order valence-corrected chi connectivity index (χ3v) is 10.7. The average molecular weight is 887 g/mol. The molecule has 2 N–H and O–H groups in total. The summed E-state index contributed by atoms with van der Waals surface area (Å²) in [7, 11) is 0. The van der Waals surface area contributed by atoms with Gasteiger partial charge in [-0.2, -0.15) is 10.5 Å². The van der Waals surface area contributed by atoms with Gasteiger partial charge in [-0.25, -0.2) is 9.59 Å². The summed E-state index contributed by atoms with van der Waals surface area (Å²) < 4.78 is 0. The molecule has 0 unspecified atom stereocenters. The van der Waals surface area contributed by atoms with E-state index in [0.717, 1.165) is 61.6 Å². The molecule has 0 radical (unpaired) electrons. The van der Waals surface area contributed by atoms with Crippen molar-refractivity contribution in [1.82, 2.24) is 0 Å². The molecule has 7 aromatic rings. The van der Waals surface area contributed by atoms with Crippen molar-refractivity contribution in [2.24, 2.45) is 0 Å². The maximum atomic E-state index is 11.2. The lowest BCUT2D eigenvalue weighted by atomic mass is 9.95. The molecule has 9 heteroatoms. The van der Waals surface area contributed by atoms with E-state index in [1.807, 2.05) is 121 Å². The zero-order valence-electron chi connectivity index (χ0n) is 34.5. The standard InChI is InChI=1S/C56H37Cl2N3O4/c57-49-23-19-45(20-24-49)54(46-21-25-50(58)26-22-46)35-44-17-31-53(32-18-44)61(51-27-13-40(14-28-51)3-1-38-5-9-42(10-6-38)33-47(36-59)55(62)63)52-29-15-41(16-30-52)4-2-39-7-11-43(12-8-39)34-48(37-60)56(64)65/h1-35H,(H,62,63)(H,64,65)/b3-1+,4-2+,47-33+,48-34+. The molecule has 0 bridgehead atoms. The van der Waals surface area contributed by atoms with Crippen LogP contribution in [0.1, 0.15) is 50.1 Å². The summed E-state index contributed by atoms with van der Waals surface area (Å²) in [5.41, 5.74) is 11.3. The Morgan fingerprint density at radius 2 is 0.662 bits per heavy atom. The number of anilines is 3. The van der Waals surface area contributed by atoms with Gasteiger partial charge in [0.1, 0.15) is 23.3 Å². The molecule has 7 nitrogen and oxygen atoms in total. The van der Waals surface area contributed by atoms with Crippen LogP contribution in [0.25, 0.3) is 48.1 Å². The Bertz CT molecular complexity index is 2880. The molecule has 0 saturated carbocycles. The molecule has 7 aromatic carbocycles. The lowest BCUT2D eigenvalue weighted by Gasteiger charge is -2.26. The zero-order chi connectivity index (χ0) is 45.7. The van der Waals surface area contributed by atoms with E-state index in [-0.39, 0.29) is 11.1 Å². The number of aliphatic carboxylic acids is 2. The predicted octanol–water partition coefficient (Wildman–Crippen LogP) is 14.4. The number of carboxylic acids is 2. The highest BCUT2D eigenvalue weighted by Gasteiger charge is 2.14. The molecule has 0 amide bonds. The number of carboxylic acid groups (broad SMARTS) is 2. The number of nitrogens with zero attached hydrogens (tertiary/aromatic N) is 3. The summed E-state index contributed by atoms with van der Waals surface area (Å²) >= 11 is 12.5. The van der Waals surface area contributed by atoms with E-state index in [2.05, 4.69) is 59.5 Å². The van der Waals surface area contributed by atoms with Crippen LogP contribution >= 0.6 is 23.2 Å². The van der Waals surface area contributed by atoms with Gasteiger partial charge in [0, 0.05) is 27.1 Å². The number of carbonyl (C=O) groups is 2. The molecule has 0 saturated heterocycles. The fourth-order valence-electron chi connectivity index (χ4n) is 6.80. The second-order valence-electron chi connectivity index (χ2n) is 14.6. The molecule has 0 atom stereocenters. The van der Waals surface area contributed by atoms with Gasteiger partial charge >= 0.3 is 11.9 Å². The Kier molecular flexibility index (Phi) is 14.5. The first kappa shape index (κ1) is 44.6.